The largest absolute Gasteiger partial charge is 0.350 e. The van der Waals surface area contributed by atoms with E-state index in [4.69, 9.17) is 11.6 Å². The van der Waals surface area contributed by atoms with Crippen molar-refractivity contribution in [1.29, 1.82) is 0 Å². The number of pyridine rings is 2. The number of halogens is 1. The Kier molecular flexibility index (Phi) is 3.91. The van der Waals surface area contributed by atoms with Crippen molar-refractivity contribution >= 4 is 23.1 Å². The third kappa shape index (κ3) is 3.17. The third-order valence-electron chi connectivity index (χ3n) is 2.52. The van der Waals surface area contributed by atoms with Crippen molar-refractivity contribution in [3.63, 3.8) is 0 Å². The standard InChI is InChI=1S/C12H11ClN4O2/c1-16(8-9-3-2-6-14-7-9)12-10(17(18)19)4-5-11(13)15-12/h2-7H,8H2,1H3. The highest BCUT2D eigenvalue weighted by molar-refractivity contribution is 6.29. The minimum Gasteiger partial charge on any atom is -0.350 e. The Bertz CT molecular complexity index is 592. The van der Waals surface area contributed by atoms with Gasteiger partial charge in [-0.25, -0.2) is 4.98 Å². The Balaban J connectivity index is 2.30. The van der Waals surface area contributed by atoms with E-state index >= 15 is 0 Å². The zero-order chi connectivity index (χ0) is 13.8. The second-order valence-corrected chi connectivity index (χ2v) is 4.34. The van der Waals surface area contributed by atoms with Gasteiger partial charge in [0.15, 0.2) is 0 Å². The lowest BCUT2D eigenvalue weighted by atomic mass is 10.2. The number of anilines is 1. The molecule has 0 radical (unpaired) electrons. The van der Waals surface area contributed by atoms with Crippen LogP contribution in [-0.4, -0.2) is 21.9 Å². The molecule has 2 aromatic rings. The lowest BCUT2D eigenvalue weighted by molar-refractivity contribution is -0.384. The van der Waals surface area contributed by atoms with E-state index in [9.17, 15) is 10.1 Å². The molecule has 2 heterocycles. The van der Waals surface area contributed by atoms with Crippen LogP contribution in [-0.2, 0) is 6.54 Å². The molecule has 0 spiro atoms. The third-order valence-corrected chi connectivity index (χ3v) is 2.73. The van der Waals surface area contributed by atoms with E-state index < -0.39 is 4.92 Å². The van der Waals surface area contributed by atoms with Crippen LogP contribution in [0.25, 0.3) is 0 Å². The molecule has 19 heavy (non-hydrogen) atoms. The Morgan fingerprint density at radius 1 is 1.42 bits per heavy atom. The molecule has 2 rings (SSSR count). The van der Waals surface area contributed by atoms with Gasteiger partial charge in [-0.2, -0.15) is 0 Å². The van der Waals surface area contributed by atoms with Crippen LogP contribution in [0.15, 0.2) is 36.7 Å². The Labute approximate surface area is 114 Å². The fourth-order valence-corrected chi connectivity index (χ4v) is 1.82. The van der Waals surface area contributed by atoms with Crippen LogP contribution in [0, 0.1) is 10.1 Å². The molecule has 98 valence electrons. The quantitative estimate of drug-likeness (QED) is 0.488. The van der Waals surface area contributed by atoms with E-state index in [1.54, 1.807) is 24.3 Å². The number of nitro groups is 1. The van der Waals surface area contributed by atoms with Gasteiger partial charge in [0, 0.05) is 32.1 Å². The minimum absolute atomic E-state index is 0.0733. The highest BCUT2D eigenvalue weighted by Gasteiger charge is 2.19. The fourth-order valence-electron chi connectivity index (χ4n) is 1.68. The molecule has 0 aromatic carbocycles. The first-order chi connectivity index (χ1) is 9.08. The van der Waals surface area contributed by atoms with Gasteiger partial charge in [0.05, 0.1) is 4.92 Å². The van der Waals surface area contributed by atoms with Gasteiger partial charge in [0.2, 0.25) is 5.82 Å². The lowest BCUT2D eigenvalue weighted by Crippen LogP contribution is -2.19. The average Bonchev–Trinajstić information content (AvgIpc) is 2.39. The molecular formula is C12H11ClN4O2. The SMILES string of the molecule is CN(Cc1cccnc1)c1nc(Cl)ccc1[N+](=O)[O-]. The minimum atomic E-state index is -0.474. The topological polar surface area (TPSA) is 72.2 Å². The lowest BCUT2D eigenvalue weighted by Gasteiger charge is -2.17. The monoisotopic (exact) mass is 278 g/mol. The summed E-state index contributed by atoms with van der Waals surface area (Å²) in [7, 11) is 1.72. The number of aromatic nitrogens is 2. The summed E-state index contributed by atoms with van der Waals surface area (Å²) in [6, 6.07) is 6.45. The first-order valence-electron chi connectivity index (χ1n) is 5.49. The molecule has 0 fully saturated rings. The van der Waals surface area contributed by atoms with Crippen LogP contribution in [0.4, 0.5) is 11.5 Å². The number of nitrogens with zero attached hydrogens (tertiary/aromatic N) is 4. The average molecular weight is 279 g/mol. The van der Waals surface area contributed by atoms with E-state index in [2.05, 4.69) is 9.97 Å². The van der Waals surface area contributed by atoms with Crippen LogP contribution in [0.3, 0.4) is 0 Å². The van der Waals surface area contributed by atoms with E-state index in [1.165, 1.54) is 12.1 Å². The maximum atomic E-state index is 11.0. The van der Waals surface area contributed by atoms with Gasteiger partial charge >= 0.3 is 5.69 Å². The molecular weight excluding hydrogens is 268 g/mol. The summed E-state index contributed by atoms with van der Waals surface area (Å²) in [6.45, 7) is 0.460. The number of hydrogen-bond acceptors (Lipinski definition) is 5. The summed E-state index contributed by atoms with van der Waals surface area (Å²) >= 11 is 5.80. The molecule has 0 N–H and O–H groups in total. The van der Waals surface area contributed by atoms with Crippen molar-refractivity contribution in [2.75, 3.05) is 11.9 Å². The van der Waals surface area contributed by atoms with Crippen LogP contribution in [0.1, 0.15) is 5.56 Å². The van der Waals surface area contributed by atoms with Crippen molar-refractivity contribution in [2.24, 2.45) is 0 Å². The van der Waals surface area contributed by atoms with E-state index in [0.717, 1.165) is 5.56 Å². The van der Waals surface area contributed by atoms with Gasteiger partial charge in [0.25, 0.3) is 0 Å². The molecule has 0 saturated heterocycles. The summed E-state index contributed by atoms with van der Waals surface area (Å²) in [6.07, 6.45) is 3.37. The van der Waals surface area contributed by atoms with E-state index in [-0.39, 0.29) is 16.7 Å². The maximum Gasteiger partial charge on any atom is 0.311 e. The van der Waals surface area contributed by atoms with Crippen molar-refractivity contribution in [1.82, 2.24) is 9.97 Å². The van der Waals surface area contributed by atoms with Crippen LogP contribution in [0.5, 0.6) is 0 Å². The molecule has 0 unspecified atom stereocenters. The first-order valence-corrected chi connectivity index (χ1v) is 5.86. The smallest absolute Gasteiger partial charge is 0.311 e. The van der Waals surface area contributed by atoms with E-state index in [0.29, 0.717) is 6.54 Å². The Morgan fingerprint density at radius 2 is 2.21 bits per heavy atom. The second kappa shape index (κ2) is 5.62. The second-order valence-electron chi connectivity index (χ2n) is 3.95. The van der Waals surface area contributed by atoms with Gasteiger partial charge < -0.3 is 4.90 Å². The van der Waals surface area contributed by atoms with Gasteiger partial charge in [-0.05, 0) is 17.7 Å². The molecule has 2 aromatic heterocycles. The molecule has 0 saturated carbocycles. The van der Waals surface area contributed by atoms with Gasteiger partial charge in [0.1, 0.15) is 5.15 Å². The molecule has 7 heteroatoms. The molecule has 0 aliphatic rings. The Hall–Kier alpha value is -2.21. The van der Waals surface area contributed by atoms with Gasteiger partial charge in [-0.3, -0.25) is 15.1 Å². The Morgan fingerprint density at radius 3 is 2.84 bits per heavy atom. The van der Waals surface area contributed by atoms with Crippen molar-refractivity contribution < 1.29 is 4.92 Å². The van der Waals surface area contributed by atoms with Crippen molar-refractivity contribution in [2.45, 2.75) is 6.54 Å². The fraction of sp³-hybridized carbons (Fsp3) is 0.167. The van der Waals surface area contributed by atoms with Crippen molar-refractivity contribution in [3.8, 4) is 0 Å². The highest BCUT2D eigenvalue weighted by Crippen LogP contribution is 2.27. The first kappa shape index (κ1) is 13.2. The predicted molar refractivity (Wildman–Crippen MR) is 72.2 cm³/mol. The molecule has 0 aliphatic heterocycles. The summed E-state index contributed by atoms with van der Waals surface area (Å²) in [5.41, 5.74) is 0.858. The number of hydrogen-bond donors (Lipinski definition) is 0. The number of rotatable bonds is 4. The highest BCUT2D eigenvalue weighted by atomic mass is 35.5. The van der Waals surface area contributed by atoms with Crippen LogP contribution in [0.2, 0.25) is 5.15 Å². The summed E-state index contributed by atoms with van der Waals surface area (Å²) in [5.74, 6) is 0.237. The zero-order valence-corrected chi connectivity index (χ0v) is 10.9. The summed E-state index contributed by atoms with van der Waals surface area (Å²) in [4.78, 5) is 20.2. The molecule has 6 nitrogen and oxygen atoms in total. The summed E-state index contributed by atoms with van der Waals surface area (Å²) < 4.78 is 0. The van der Waals surface area contributed by atoms with E-state index in [1.807, 2.05) is 12.1 Å². The van der Waals surface area contributed by atoms with Gasteiger partial charge in [-0.1, -0.05) is 17.7 Å². The van der Waals surface area contributed by atoms with Gasteiger partial charge in [-0.15, -0.1) is 0 Å². The van der Waals surface area contributed by atoms with Crippen molar-refractivity contribution in [3.05, 3.63) is 57.5 Å². The van der Waals surface area contributed by atoms with Crippen LogP contribution >= 0.6 is 11.6 Å². The zero-order valence-electron chi connectivity index (χ0n) is 10.2. The normalized spacial score (nSPS) is 10.2. The molecule has 0 atom stereocenters. The molecule has 0 bridgehead atoms. The van der Waals surface area contributed by atoms with Crippen LogP contribution < -0.4 is 4.90 Å². The maximum absolute atomic E-state index is 11.0. The summed E-state index contributed by atoms with van der Waals surface area (Å²) in [5, 5.41) is 11.2. The molecule has 0 aliphatic carbocycles. The predicted octanol–water partition coefficient (Wildman–Crippen LogP) is 2.67. The molecule has 0 amide bonds.